The molecular formula is C12H14BrF3N4. The number of aromatic nitrogens is 1. The molecule has 110 valence electrons. The Kier molecular flexibility index (Phi) is 4.22. The largest absolute Gasteiger partial charge is 0.419 e. The Balaban J connectivity index is 2.35. The Labute approximate surface area is 122 Å². The molecule has 0 aliphatic carbocycles. The third-order valence-corrected chi connectivity index (χ3v) is 3.73. The zero-order valence-electron chi connectivity index (χ0n) is 10.5. The van der Waals surface area contributed by atoms with E-state index in [1.165, 1.54) is 6.20 Å². The summed E-state index contributed by atoms with van der Waals surface area (Å²) < 4.78 is 39.5. The summed E-state index contributed by atoms with van der Waals surface area (Å²) in [7, 11) is 0. The molecule has 0 bridgehead atoms. The highest BCUT2D eigenvalue weighted by atomic mass is 79.9. The van der Waals surface area contributed by atoms with Gasteiger partial charge in [-0.2, -0.15) is 13.2 Å². The molecule has 8 heteroatoms. The number of nitrogens with zero attached hydrogens (tertiary/aromatic N) is 2. The Morgan fingerprint density at radius 1 is 1.50 bits per heavy atom. The Morgan fingerprint density at radius 2 is 2.20 bits per heavy atom. The molecule has 3 N–H and O–H groups in total. The topological polar surface area (TPSA) is 66.0 Å². The van der Waals surface area contributed by atoms with Crippen molar-refractivity contribution in [2.24, 2.45) is 11.7 Å². The predicted molar refractivity (Wildman–Crippen MR) is 73.8 cm³/mol. The van der Waals surface area contributed by atoms with Crippen LogP contribution in [0.4, 0.5) is 19.0 Å². The zero-order valence-corrected chi connectivity index (χ0v) is 12.1. The quantitative estimate of drug-likeness (QED) is 0.636. The first-order valence-electron chi connectivity index (χ1n) is 6.10. The van der Waals surface area contributed by atoms with Crippen LogP contribution in [-0.2, 0) is 6.18 Å². The number of nitrogens with one attached hydrogen (secondary N) is 1. The maximum atomic E-state index is 13.1. The van der Waals surface area contributed by atoms with Crippen molar-refractivity contribution in [2.75, 3.05) is 18.0 Å². The highest BCUT2D eigenvalue weighted by Gasteiger charge is 2.37. The summed E-state index contributed by atoms with van der Waals surface area (Å²) >= 11 is 3.01. The molecule has 0 amide bonds. The van der Waals surface area contributed by atoms with Gasteiger partial charge in [0, 0.05) is 29.7 Å². The molecule has 4 nitrogen and oxygen atoms in total. The van der Waals surface area contributed by atoms with Crippen LogP contribution in [0, 0.1) is 11.3 Å². The van der Waals surface area contributed by atoms with Crippen molar-refractivity contribution in [1.82, 2.24) is 4.98 Å². The lowest BCUT2D eigenvalue weighted by Crippen LogP contribution is -2.42. The number of alkyl halides is 3. The molecule has 0 aromatic carbocycles. The molecule has 1 fully saturated rings. The van der Waals surface area contributed by atoms with Crippen molar-refractivity contribution in [3.8, 4) is 0 Å². The Bertz CT molecular complexity index is 518. The fraction of sp³-hybridized carbons (Fsp3) is 0.500. The van der Waals surface area contributed by atoms with Gasteiger partial charge in [0.2, 0.25) is 0 Å². The number of piperidine rings is 1. The van der Waals surface area contributed by atoms with E-state index in [-0.39, 0.29) is 22.0 Å². The fourth-order valence-electron chi connectivity index (χ4n) is 2.32. The van der Waals surface area contributed by atoms with E-state index in [1.54, 1.807) is 4.90 Å². The second-order valence-corrected chi connectivity index (χ2v) is 5.68. The van der Waals surface area contributed by atoms with E-state index in [4.69, 9.17) is 11.1 Å². The standard InChI is InChI=1S/C12H14BrF3N4/c13-8-4-9(12(14,15)16)11(19-5-8)20-3-1-2-7(6-20)10(17)18/h4-5,7H,1-3,6H2,(H3,17,18). The number of pyridine rings is 1. The number of rotatable bonds is 2. The first kappa shape index (κ1) is 15.1. The van der Waals surface area contributed by atoms with Crippen LogP contribution in [0.5, 0.6) is 0 Å². The van der Waals surface area contributed by atoms with Gasteiger partial charge in [-0.3, -0.25) is 5.41 Å². The summed E-state index contributed by atoms with van der Waals surface area (Å²) in [5.74, 6) is -0.290. The van der Waals surface area contributed by atoms with E-state index in [9.17, 15) is 13.2 Å². The van der Waals surface area contributed by atoms with Crippen molar-refractivity contribution >= 4 is 27.6 Å². The highest BCUT2D eigenvalue weighted by molar-refractivity contribution is 9.10. The van der Waals surface area contributed by atoms with Crippen LogP contribution < -0.4 is 10.6 Å². The normalized spacial score (nSPS) is 20.0. The van der Waals surface area contributed by atoms with Gasteiger partial charge in [0.15, 0.2) is 0 Å². The van der Waals surface area contributed by atoms with Gasteiger partial charge >= 0.3 is 6.18 Å². The summed E-state index contributed by atoms with van der Waals surface area (Å²) in [6, 6.07) is 1.03. The minimum Gasteiger partial charge on any atom is -0.387 e. The number of anilines is 1. The van der Waals surface area contributed by atoms with E-state index in [0.717, 1.165) is 12.5 Å². The highest BCUT2D eigenvalue weighted by Crippen LogP contribution is 2.38. The minimum atomic E-state index is -4.46. The molecule has 2 heterocycles. The number of amidine groups is 1. The fourth-order valence-corrected chi connectivity index (χ4v) is 2.65. The predicted octanol–water partition coefficient (Wildman–Crippen LogP) is 3.02. The maximum Gasteiger partial charge on any atom is 0.419 e. The van der Waals surface area contributed by atoms with Crippen LogP contribution in [0.15, 0.2) is 16.7 Å². The molecule has 0 radical (unpaired) electrons. The third kappa shape index (κ3) is 3.23. The van der Waals surface area contributed by atoms with E-state index in [2.05, 4.69) is 20.9 Å². The smallest absolute Gasteiger partial charge is 0.387 e. The van der Waals surface area contributed by atoms with Crippen molar-refractivity contribution in [1.29, 1.82) is 5.41 Å². The van der Waals surface area contributed by atoms with Gasteiger partial charge in [-0.05, 0) is 34.8 Å². The van der Waals surface area contributed by atoms with E-state index < -0.39 is 11.7 Å². The second kappa shape index (κ2) is 5.59. The molecule has 0 spiro atoms. The molecule has 1 aliphatic rings. The Morgan fingerprint density at radius 3 is 2.80 bits per heavy atom. The first-order valence-corrected chi connectivity index (χ1v) is 6.90. The number of hydrogen-bond acceptors (Lipinski definition) is 3. The summed E-state index contributed by atoms with van der Waals surface area (Å²) in [5.41, 5.74) is 4.69. The van der Waals surface area contributed by atoms with Crippen molar-refractivity contribution < 1.29 is 13.2 Å². The lowest BCUT2D eigenvalue weighted by atomic mass is 9.96. The minimum absolute atomic E-state index is 0.0142. The molecule has 20 heavy (non-hydrogen) atoms. The average molecular weight is 351 g/mol. The summed E-state index contributed by atoms with van der Waals surface area (Å²) in [6.07, 6.45) is -1.69. The van der Waals surface area contributed by atoms with Gasteiger partial charge in [0.25, 0.3) is 0 Å². The van der Waals surface area contributed by atoms with Crippen LogP contribution in [-0.4, -0.2) is 23.9 Å². The molecular weight excluding hydrogens is 337 g/mol. The Hall–Kier alpha value is -1.31. The van der Waals surface area contributed by atoms with E-state index in [1.807, 2.05) is 0 Å². The van der Waals surface area contributed by atoms with Gasteiger partial charge in [-0.1, -0.05) is 0 Å². The summed E-state index contributed by atoms with van der Waals surface area (Å²) in [5, 5.41) is 7.45. The lowest BCUT2D eigenvalue weighted by Gasteiger charge is -2.34. The molecule has 1 aliphatic heterocycles. The third-order valence-electron chi connectivity index (χ3n) is 3.30. The van der Waals surface area contributed by atoms with Gasteiger partial charge in [0.05, 0.1) is 11.4 Å². The van der Waals surface area contributed by atoms with Gasteiger partial charge in [-0.15, -0.1) is 0 Å². The molecule has 2 rings (SSSR count). The molecule has 1 aromatic rings. The lowest BCUT2D eigenvalue weighted by molar-refractivity contribution is -0.137. The molecule has 0 saturated carbocycles. The van der Waals surface area contributed by atoms with Crippen LogP contribution in [0.3, 0.4) is 0 Å². The van der Waals surface area contributed by atoms with Gasteiger partial charge in [0.1, 0.15) is 5.82 Å². The molecule has 1 saturated heterocycles. The van der Waals surface area contributed by atoms with E-state index >= 15 is 0 Å². The van der Waals surface area contributed by atoms with Crippen LogP contribution >= 0.6 is 15.9 Å². The maximum absolute atomic E-state index is 13.1. The number of nitrogens with two attached hydrogens (primary N) is 1. The first-order chi connectivity index (χ1) is 9.29. The van der Waals surface area contributed by atoms with Crippen LogP contribution in [0.25, 0.3) is 0 Å². The van der Waals surface area contributed by atoms with Crippen LogP contribution in [0.1, 0.15) is 18.4 Å². The number of hydrogen-bond donors (Lipinski definition) is 2. The molecule has 1 aromatic heterocycles. The zero-order chi connectivity index (χ0) is 14.9. The van der Waals surface area contributed by atoms with Crippen LogP contribution in [0.2, 0.25) is 0 Å². The summed E-state index contributed by atoms with van der Waals surface area (Å²) in [4.78, 5) is 5.47. The average Bonchev–Trinajstić information content (AvgIpc) is 2.37. The summed E-state index contributed by atoms with van der Waals surface area (Å²) in [6.45, 7) is 0.786. The van der Waals surface area contributed by atoms with Gasteiger partial charge < -0.3 is 10.6 Å². The number of halogens is 4. The monoisotopic (exact) mass is 350 g/mol. The van der Waals surface area contributed by atoms with Gasteiger partial charge in [-0.25, -0.2) is 4.98 Å². The van der Waals surface area contributed by atoms with Crippen molar-refractivity contribution in [3.63, 3.8) is 0 Å². The van der Waals surface area contributed by atoms with Crippen molar-refractivity contribution in [2.45, 2.75) is 19.0 Å². The van der Waals surface area contributed by atoms with Crippen molar-refractivity contribution in [3.05, 3.63) is 22.3 Å². The van der Waals surface area contributed by atoms with E-state index in [0.29, 0.717) is 19.5 Å². The molecule has 1 atom stereocenters. The second-order valence-electron chi connectivity index (χ2n) is 4.76. The molecule has 1 unspecified atom stereocenters. The SMILES string of the molecule is N=C(N)C1CCCN(c2ncc(Br)cc2C(F)(F)F)C1.